The lowest BCUT2D eigenvalue weighted by atomic mass is 10.3. The molecule has 80 valence electrons. The second-order valence-electron chi connectivity index (χ2n) is 3.15. The average molecular weight is 234 g/mol. The highest BCUT2D eigenvalue weighted by molar-refractivity contribution is 6.30. The maximum absolute atomic E-state index is 8.75. The standard InChI is InChI=1S/C10H8ClN5/c11-7-2-1-3-8(4-7)16-6-14-15-10(16)9(13)5-12/h1-4,6,9H,13H2. The van der Waals surface area contributed by atoms with Gasteiger partial charge in [0.15, 0.2) is 11.9 Å². The molecule has 0 fully saturated rings. The molecule has 1 atom stereocenters. The predicted molar refractivity (Wildman–Crippen MR) is 58.9 cm³/mol. The molecular formula is C10H8ClN5. The van der Waals surface area contributed by atoms with E-state index >= 15 is 0 Å². The van der Waals surface area contributed by atoms with E-state index in [-0.39, 0.29) is 0 Å². The van der Waals surface area contributed by atoms with Gasteiger partial charge >= 0.3 is 0 Å². The summed E-state index contributed by atoms with van der Waals surface area (Å²) in [5, 5.41) is 16.9. The van der Waals surface area contributed by atoms with Crippen LogP contribution in [0.4, 0.5) is 0 Å². The van der Waals surface area contributed by atoms with Crippen molar-refractivity contribution in [1.82, 2.24) is 14.8 Å². The molecule has 6 heteroatoms. The van der Waals surface area contributed by atoms with Crippen molar-refractivity contribution in [3.8, 4) is 11.8 Å². The number of rotatable bonds is 2. The zero-order chi connectivity index (χ0) is 11.5. The van der Waals surface area contributed by atoms with Gasteiger partial charge in [-0.15, -0.1) is 10.2 Å². The fourth-order valence-electron chi connectivity index (χ4n) is 1.34. The Kier molecular flexibility index (Phi) is 2.86. The van der Waals surface area contributed by atoms with Crippen LogP contribution in [-0.4, -0.2) is 14.8 Å². The highest BCUT2D eigenvalue weighted by Gasteiger charge is 2.13. The smallest absolute Gasteiger partial charge is 0.169 e. The van der Waals surface area contributed by atoms with E-state index in [0.29, 0.717) is 10.8 Å². The Morgan fingerprint density at radius 1 is 1.50 bits per heavy atom. The zero-order valence-electron chi connectivity index (χ0n) is 8.21. The Morgan fingerprint density at radius 2 is 2.31 bits per heavy atom. The lowest BCUT2D eigenvalue weighted by Gasteiger charge is -2.07. The summed E-state index contributed by atoms with van der Waals surface area (Å²) in [5.41, 5.74) is 6.37. The largest absolute Gasteiger partial charge is 0.310 e. The molecule has 1 aromatic carbocycles. The minimum Gasteiger partial charge on any atom is -0.310 e. The van der Waals surface area contributed by atoms with Crippen LogP contribution in [0.25, 0.3) is 5.69 Å². The van der Waals surface area contributed by atoms with E-state index in [1.807, 2.05) is 12.1 Å². The fourth-order valence-corrected chi connectivity index (χ4v) is 1.52. The van der Waals surface area contributed by atoms with Crippen molar-refractivity contribution < 1.29 is 0 Å². The number of benzene rings is 1. The predicted octanol–water partition coefficient (Wildman–Crippen LogP) is 1.44. The zero-order valence-corrected chi connectivity index (χ0v) is 8.96. The molecule has 5 nitrogen and oxygen atoms in total. The number of hydrogen-bond donors (Lipinski definition) is 1. The summed E-state index contributed by atoms with van der Waals surface area (Å²) in [7, 11) is 0. The van der Waals surface area contributed by atoms with Crippen LogP contribution in [0.15, 0.2) is 30.6 Å². The van der Waals surface area contributed by atoms with Crippen molar-refractivity contribution in [2.45, 2.75) is 6.04 Å². The van der Waals surface area contributed by atoms with E-state index in [4.69, 9.17) is 22.6 Å². The van der Waals surface area contributed by atoms with Crippen LogP contribution < -0.4 is 5.73 Å². The van der Waals surface area contributed by atoms with Crippen molar-refractivity contribution in [1.29, 1.82) is 5.26 Å². The lowest BCUT2D eigenvalue weighted by molar-refractivity contribution is 0.785. The second kappa shape index (κ2) is 4.31. The number of nitrogens with two attached hydrogens (primary N) is 1. The third-order valence-corrected chi connectivity index (χ3v) is 2.31. The molecular weight excluding hydrogens is 226 g/mol. The third-order valence-electron chi connectivity index (χ3n) is 2.08. The summed E-state index contributed by atoms with van der Waals surface area (Å²) in [6.45, 7) is 0. The molecule has 0 aliphatic rings. The summed E-state index contributed by atoms with van der Waals surface area (Å²) in [4.78, 5) is 0. The first kappa shape index (κ1) is 10.6. The van der Waals surface area contributed by atoms with Crippen molar-refractivity contribution in [3.63, 3.8) is 0 Å². The summed E-state index contributed by atoms with van der Waals surface area (Å²) < 4.78 is 1.64. The highest BCUT2D eigenvalue weighted by atomic mass is 35.5. The van der Waals surface area contributed by atoms with E-state index in [9.17, 15) is 0 Å². The molecule has 0 saturated carbocycles. The average Bonchev–Trinajstić information content (AvgIpc) is 2.77. The minimum absolute atomic E-state index is 0.393. The minimum atomic E-state index is -0.804. The van der Waals surface area contributed by atoms with Crippen LogP contribution >= 0.6 is 11.6 Å². The molecule has 2 N–H and O–H groups in total. The molecule has 16 heavy (non-hydrogen) atoms. The number of hydrogen-bond acceptors (Lipinski definition) is 4. The lowest BCUT2D eigenvalue weighted by Crippen LogP contribution is -2.13. The number of halogens is 1. The van der Waals surface area contributed by atoms with Crippen molar-refractivity contribution in [2.24, 2.45) is 5.73 Å². The first-order valence-electron chi connectivity index (χ1n) is 4.53. The fraction of sp³-hybridized carbons (Fsp3) is 0.100. The molecule has 0 aliphatic heterocycles. The molecule has 0 spiro atoms. The quantitative estimate of drug-likeness (QED) is 0.851. The van der Waals surface area contributed by atoms with Crippen LogP contribution in [0.2, 0.25) is 5.02 Å². The van der Waals surface area contributed by atoms with Crippen LogP contribution in [0.5, 0.6) is 0 Å². The molecule has 1 aromatic heterocycles. The van der Waals surface area contributed by atoms with E-state index in [1.165, 1.54) is 6.33 Å². The van der Waals surface area contributed by atoms with Gasteiger partial charge in [0.25, 0.3) is 0 Å². The Bertz CT molecular complexity index is 542. The molecule has 0 aliphatic carbocycles. The van der Waals surface area contributed by atoms with Crippen LogP contribution in [0, 0.1) is 11.3 Å². The van der Waals surface area contributed by atoms with E-state index in [1.54, 1.807) is 22.8 Å². The van der Waals surface area contributed by atoms with E-state index in [0.717, 1.165) is 5.69 Å². The highest BCUT2D eigenvalue weighted by Crippen LogP contribution is 2.17. The van der Waals surface area contributed by atoms with Crippen LogP contribution in [0.3, 0.4) is 0 Å². The van der Waals surface area contributed by atoms with Crippen molar-refractivity contribution >= 4 is 11.6 Å². The summed E-state index contributed by atoms with van der Waals surface area (Å²) in [6, 6.07) is 8.26. The SMILES string of the molecule is N#CC(N)c1nncn1-c1cccc(Cl)c1. The van der Waals surface area contributed by atoms with Gasteiger partial charge in [-0.25, -0.2) is 0 Å². The summed E-state index contributed by atoms with van der Waals surface area (Å²) >= 11 is 5.88. The molecule has 1 heterocycles. The second-order valence-corrected chi connectivity index (χ2v) is 3.58. The Morgan fingerprint density at radius 3 is 3.00 bits per heavy atom. The molecule has 1 unspecified atom stereocenters. The van der Waals surface area contributed by atoms with Crippen molar-refractivity contribution in [3.05, 3.63) is 41.4 Å². The third kappa shape index (κ3) is 1.89. The number of aromatic nitrogens is 3. The topological polar surface area (TPSA) is 80.5 Å². The van der Waals surface area contributed by atoms with Gasteiger partial charge in [-0.3, -0.25) is 4.57 Å². The first-order chi connectivity index (χ1) is 7.72. The van der Waals surface area contributed by atoms with Gasteiger partial charge in [0.2, 0.25) is 0 Å². The molecule has 2 rings (SSSR count). The van der Waals surface area contributed by atoms with Crippen LogP contribution in [0.1, 0.15) is 11.9 Å². The number of nitrogens with zero attached hydrogens (tertiary/aromatic N) is 4. The molecule has 2 aromatic rings. The molecule has 0 amide bonds. The van der Waals surface area contributed by atoms with Gasteiger partial charge in [-0.2, -0.15) is 5.26 Å². The monoisotopic (exact) mass is 233 g/mol. The first-order valence-corrected chi connectivity index (χ1v) is 4.91. The maximum Gasteiger partial charge on any atom is 0.169 e. The van der Waals surface area contributed by atoms with Gasteiger partial charge in [0, 0.05) is 10.7 Å². The van der Waals surface area contributed by atoms with Gasteiger partial charge < -0.3 is 5.73 Å². The normalized spacial score (nSPS) is 12.1. The van der Waals surface area contributed by atoms with E-state index < -0.39 is 6.04 Å². The van der Waals surface area contributed by atoms with Crippen LogP contribution in [-0.2, 0) is 0 Å². The number of nitriles is 1. The molecule has 0 radical (unpaired) electrons. The van der Waals surface area contributed by atoms with Gasteiger partial charge in [-0.05, 0) is 18.2 Å². The van der Waals surface area contributed by atoms with Gasteiger partial charge in [-0.1, -0.05) is 17.7 Å². The van der Waals surface area contributed by atoms with Gasteiger partial charge in [0.05, 0.1) is 6.07 Å². The maximum atomic E-state index is 8.75. The van der Waals surface area contributed by atoms with Gasteiger partial charge in [0.1, 0.15) is 6.33 Å². The molecule has 0 saturated heterocycles. The Balaban J connectivity index is 2.49. The summed E-state index contributed by atoms with van der Waals surface area (Å²) in [6.07, 6.45) is 1.50. The summed E-state index contributed by atoms with van der Waals surface area (Å²) in [5.74, 6) is 0.393. The van der Waals surface area contributed by atoms with Crippen molar-refractivity contribution in [2.75, 3.05) is 0 Å². The van der Waals surface area contributed by atoms with E-state index in [2.05, 4.69) is 10.2 Å². The Labute approximate surface area is 97.1 Å². The Hall–Kier alpha value is -1.90. The molecule has 0 bridgehead atoms.